The number of hydrogen-bond donors (Lipinski definition) is 2. The highest BCUT2D eigenvalue weighted by molar-refractivity contribution is 6.74. The highest BCUT2D eigenvalue weighted by Crippen LogP contribution is 2.55. The van der Waals surface area contributed by atoms with Crippen LogP contribution in [0.4, 0.5) is 0 Å². The minimum atomic E-state index is -2.19. The first-order valence-corrected chi connectivity index (χ1v) is 15.9. The molecule has 7 heteroatoms. The predicted octanol–water partition coefficient (Wildman–Crippen LogP) is 5.32. The molecule has 0 spiro atoms. The standard InChI is InChI=1S/C28H48O6Si/c1-10-33-25(30)16-23-20(2)24(29)17-28(23,31)27(7,19-32-18-22-14-12-11-13-15-22)21(3)34-35(8,9)26(4,5)6/h11-15,20-21,23-24,29,31H,10,16-19H2,1-9H3/t20-,21+,23-,24+,27-,28-/m0/s1. The Labute approximate surface area is 213 Å². The maximum absolute atomic E-state index is 12.5. The summed E-state index contributed by atoms with van der Waals surface area (Å²) < 4.78 is 18.3. The van der Waals surface area contributed by atoms with Gasteiger partial charge < -0.3 is 24.1 Å². The summed E-state index contributed by atoms with van der Waals surface area (Å²) in [5.74, 6) is -1.10. The number of benzene rings is 1. The van der Waals surface area contributed by atoms with Crippen LogP contribution in [0.1, 0.15) is 66.9 Å². The van der Waals surface area contributed by atoms with Crippen molar-refractivity contribution >= 4 is 14.3 Å². The number of aliphatic hydroxyl groups is 2. The number of esters is 1. The fraction of sp³-hybridized carbons (Fsp3) is 0.750. The molecule has 0 amide bonds. The maximum Gasteiger partial charge on any atom is 0.306 e. The first-order valence-electron chi connectivity index (χ1n) is 12.9. The Morgan fingerprint density at radius 1 is 1.20 bits per heavy atom. The fourth-order valence-corrected chi connectivity index (χ4v) is 6.57. The van der Waals surface area contributed by atoms with Gasteiger partial charge in [0.05, 0.1) is 44.1 Å². The van der Waals surface area contributed by atoms with Crippen LogP contribution in [0.5, 0.6) is 0 Å². The molecule has 1 aliphatic rings. The van der Waals surface area contributed by atoms with Gasteiger partial charge in [0.1, 0.15) is 0 Å². The van der Waals surface area contributed by atoms with E-state index in [1.807, 2.05) is 51.1 Å². The van der Waals surface area contributed by atoms with Crippen molar-refractivity contribution in [3.8, 4) is 0 Å². The van der Waals surface area contributed by atoms with Crippen LogP contribution in [0.2, 0.25) is 18.1 Å². The van der Waals surface area contributed by atoms with Crippen molar-refractivity contribution in [2.24, 2.45) is 17.3 Å². The summed E-state index contributed by atoms with van der Waals surface area (Å²) in [6.45, 7) is 19.5. The van der Waals surface area contributed by atoms with E-state index in [2.05, 4.69) is 33.9 Å². The van der Waals surface area contributed by atoms with E-state index in [-0.39, 0.29) is 49.1 Å². The molecular formula is C28H48O6Si. The average molecular weight is 509 g/mol. The summed E-state index contributed by atoms with van der Waals surface area (Å²) in [5.41, 5.74) is -1.21. The first kappa shape index (κ1) is 30.0. The molecule has 0 radical (unpaired) electrons. The largest absolute Gasteiger partial charge is 0.466 e. The molecule has 1 saturated carbocycles. The van der Waals surface area contributed by atoms with Gasteiger partial charge in [-0.05, 0) is 43.5 Å². The molecule has 1 fully saturated rings. The van der Waals surface area contributed by atoms with Gasteiger partial charge in [0.25, 0.3) is 0 Å². The third-order valence-electron chi connectivity index (χ3n) is 8.74. The zero-order valence-electron chi connectivity index (χ0n) is 23.3. The molecule has 0 heterocycles. The molecule has 1 aromatic rings. The molecule has 35 heavy (non-hydrogen) atoms. The minimum absolute atomic E-state index is 0.0114. The second-order valence-corrected chi connectivity index (χ2v) is 16.8. The maximum atomic E-state index is 12.5. The lowest BCUT2D eigenvalue weighted by Gasteiger charge is -2.52. The summed E-state index contributed by atoms with van der Waals surface area (Å²) in [4.78, 5) is 12.5. The van der Waals surface area contributed by atoms with E-state index in [9.17, 15) is 15.0 Å². The zero-order valence-corrected chi connectivity index (χ0v) is 24.3. The average Bonchev–Trinajstić information content (AvgIpc) is 2.97. The summed E-state index contributed by atoms with van der Waals surface area (Å²) in [6, 6.07) is 9.92. The number of hydrogen-bond acceptors (Lipinski definition) is 6. The van der Waals surface area contributed by atoms with E-state index in [0.717, 1.165) is 5.56 Å². The van der Waals surface area contributed by atoms with Gasteiger partial charge in [0.15, 0.2) is 8.32 Å². The lowest BCUT2D eigenvalue weighted by atomic mass is 9.63. The Balaban J connectivity index is 2.43. The summed E-state index contributed by atoms with van der Waals surface area (Å²) >= 11 is 0. The van der Waals surface area contributed by atoms with Crippen LogP contribution in [0.15, 0.2) is 30.3 Å². The van der Waals surface area contributed by atoms with E-state index in [4.69, 9.17) is 13.9 Å². The number of carbonyl (C=O) groups excluding carboxylic acids is 1. The second kappa shape index (κ2) is 11.4. The van der Waals surface area contributed by atoms with E-state index < -0.39 is 31.4 Å². The highest BCUT2D eigenvalue weighted by Gasteiger charge is 2.63. The van der Waals surface area contributed by atoms with Gasteiger partial charge in [-0.25, -0.2) is 0 Å². The molecule has 0 bridgehead atoms. The molecule has 0 aromatic heterocycles. The topological polar surface area (TPSA) is 85.2 Å². The third-order valence-corrected chi connectivity index (χ3v) is 13.3. The number of rotatable bonds is 11. The third kappa shape index (κ3) is 6.55. The molecule has 2 N–H and O–H groups in total. The van der Waals surface area contributed by atoms with E-state index in [0.29, 0.717) is 6.61 Å². The Morgan fingerprint density at radius 2 is 1.80 bits per heavy atom. The molecule has 0 aliphatic heterocycles. The van der Waals surface area contributed by atoms with Crippen molar-refractivity contribution in [2.45, 2.75) is 104 Å². The minimum Gasteiger partial charge on any atom is -0.466 e. The van der Waals surface area contributed by atoms with Crippen LogP contribution in [0, 0.1) is 17.3 Å². The Bertz CT molecular complexity index is 822. The van der Waals surface area contributed by atoms with E-state index >= 15 is 0 Å². The smallest absolute Gasteiger partial charge is 0.306 e. The summed E-state index contributed by atoms with van der Waals surface area (Å²) in [5, 5.41) is 23.2. The molecule has 1 aliphatic carbocycles. The van der Waals surface area contributed by atoms with Gasteiger partial charge >= 0.3 is 5.97 Å². The van der Waals surface area contributed by atoms with Crippen molar-refractivity contribution in [1.82, 2.24) is 0 Å². The molecule has 2 rings (SSSR count). The molecule has 200 valence electrons. The van der Waals surface area contributed by atoms with Gasteiger partial charge in [-0.2, -0.15) is 0 Å². The van der Waals surface area contributed by atoms with Crippen LogP contribution in [-0.2, 0) is 25.3 Å². The lowest BCUT2D eigenvalue weighted by molar-refractivity contribution is -0.186. The Hall–Kier alpha value is -1.25. The zero-order chi connectivity index (χ0) is 26.7. The van der Waals surface area contributed by atoms with Gasteiger partial charge in [-0.1, -0.05) is 65.0 Å². The van der Waals surface area contributed by atoms with Gasteiger partial charge in [0.2, 0.25) is 0 Å². The van der Waals surface area contributed by atoms with Crippen molar-refractivity contribution < 1.29 is 28.9 Å². The Morgan fingerprint density at radius 3 is 2.34 bits per heavy atom. The van der Waals surface area contributed by atoms with Crippen molar-refractivity contribution in [3.05, 3.63) is 35.9 Å². The number of ether oxygens (including phenoxy) is 2. The summed E-state index contributed by atoms with van der Waals surface area (Å²) in [7, 11) is -2.19. The van der Waals surface area contributed by atoms with Gasteiger partial charge in [0, 0.05) is 17.8 Å². The fourth-order valence-electron chi connectivity index (χ4n) is 5.07. The van der Waals surface area contributed by atoms with Crippen molar-refractivity contribution in [2.75, 3.05) is 13.2 Å². The monoisotopic (exact) mass is 508 g/mol. The molecule has 6 atom stereocenters. The van der Waals surface area contributed by atoms with Crippen LogP contribution < -0.4 is 0 Å². The molecule has 1 aromatic carbocycles. The van der Waals surface area contributed by atoms with Crippen molar-refractivity contribution in [3.63, 3.8) is 0 Å². The SMILES string of the molecule is CCOC(=O)C[C@H]1[C@H](C)[C@H](O)C[C@@]1(O)[C@@](C)(COCc1ccccc1)[C@@H](C)O[Si](C)(C)C(C)(C)C. The van der Waals surface area contributed by atoms with Crippen LogP contribution in [0.3, 0.4) is 0 Å². The van der Waals surface area contributed by atoms with Crippen molar-refractivity contribution in [1.29, 1.82) is 0 Å². The normalized spacial score (nSPS) is 27.9. The van der Waals surface area contributed by atoms with E-state index in [1.165, 1.54) is 0 Å². The number of carbonyl (C=O) groups is 1. The van der Waals surface area contributed by atoms with E-state index in [1.54, 1.807) is 6.92 Å². The second-order valence-electron chi connectivity index (χ2n) is 12.1. The van der Waals surface area contributed by atoms with Crippen LogP contribution >= 0.6 is 0 Å². The lowest BCUT2D eigenvalue weighted by Crippen LogP contribution is -2.61. The predicted molar refractivity (Wildman–Crippen MR) is 141 cm³/mol. The highest BCUT2D eigenvalue weighted by atomic mass is 28.4. The van der Waals surface area contributed by atoms with Crippen LogP contribution in [-0.4, -0.2) is 55.5 Å². The molecule has 0 saturated heterocycles. The number of aliphatic hydroxyl groups excluding tert-OH is 1. The quantitative estimate of drug-likeness (QED) is 0.311. The van der Waals surface area contributed by atoms with Crippen LogP contribution in [0.25, 0.3) is 0 Å². The summed E-state index contributed by atoms with van der Waals surface area (Å²) in [6.07, 6.45) is -0.891. The molecule has 0 unspecified atom stereocenters. The van der Waals surface area contributed by atoms with Gasteiger partial charge in [-0.15, -0.1) is 0 Å². The Kier molecular flexibility index (Phi) is 9.78. The first-order chi connectivity index (χ1) is 16.1. The molecular weight excluding hydrogens is 460 g/mol. The molecule has 6 nitrogen and oxygen atoms in total. The van der Waals surface area contributed by atoms with Gasteiger partial charge in [-0.3, -0.25) is 4.79 Å².